The molecule has 1 unspecified atom stereocenters. The minimum atomic E-state index is -0.536. The van der Waals surface area contributed by atoms with Crippen molar-refractivity contribution in [3.63, 3.8) is 0 Å². The summed E-state index contributed by atoms with van der Waals surface area (Å²) in [6, 6.07) is 5.17. The van der Waals surface area contributed by atoms with E-state index in [1.165, 1.54) is 0 Å². The first-order valence-corrected chi connectivity index (χ1v) is 7.02. The van der Waals surface area contributed by atoms with Crippen molar-refractivity contribution in [2.24, 2.45) is 11.1 Å². The molecule has 0 aliphatic carbocycles. The van der Waals surface area contributed by atoms with Crippen LogP contribution in [0.5, 0.6) is 0 Å². The first-order valence-electron chi connectivity index (χ1n) is 6.21. The second-order valence-corrected chi connectivity index (χ2v) is 6.98. The fourth-order valence-electron chi connectivity index (χ4n) is 1.73. The molecule has 0 fully saturated rings. The minimum absolute atomic E-state index is 0.159. The van der Waals surface area contributed by atoms with Gasteiger partial charge in [0.05, 0.1) is 21.3 Å². The first kappa shape index (κ1) is 14.0. The summed E-state index contributed by atoms with van der Waals surface area (Å²) in [7, 11) is 0. The monoisotopic (exact) mass is 277 g/mol. The molecular formula is C14H19N3OS. The fourth-order valence-corrected chi connectivity index (χ4v) is 2.60. The Balaban J connectivity index is 2.19. The Labute approximate surface area is 117 Å². The molecule has 19 heavy (non-hydrogen) atoms. The fraction of sp³-hybridized carbons (Fsp3) is 0.429. The van der Waals surface area contributed by atoms with Gasteiger partial charge in [-0.05, 0) is 30.5 Å². The lowest BCUT2D eigenvalue weighted by molar-refractivity contribution is -0.119. The molecule has 2 aromatic rings. The lowest BCUT2D eigenvalue weighted by atomic mass is 9.87. The second-order valence-electron chi connectivity index (χ2n) is 5.75. The van der Waals surface area contributed by atoms with Gasteiger partial charge in [-0.3, -0.25) is 4.79 Å². The summed E-state index contributed by atoms with van der Waals surface area (Å²) >= 11 is 1.61. The average Bonchev–Trinajstić information content (AvgIpc) is 2.66. The number of hydrogen-bond donors (Lipinski definition) is 2. The Morgan fingerprint density at radius 1 is 1.42 bits per heavy atom. The molecule has 1 heterocycles. The molecule has 0 saturated carbocycles. The van der Waals surface area contributed by atoms with Gasteiger partial charge in [0.2, 0.25) is 5.91 Å². The number of nitrogens with one attached hydrogen (secondary N) is 1. The Morgan fingerprint density at radius 2 is 2.11 bits per heavy atom. The maximum absolute atomic E-state index is 12.1. The van der Waals surface area contributed by atoms with E-state index in [1.54, 1.807) is 11.3 Å². The van der Waals surface area contributed by atoms with Crippen molar-refractivity contribution in [2.75, 3.05) is 5.32 Å². The number of benzene rings is 1. The molecule has 5 heteroatoms. The summed E-state index contributed by atoms with van der Waals surface area (Å²) in [6.45, 7) is 7.82. The SMILES string of the molecule is Cc1nc2ccc(NC(=O)C(N)C(C)(C)C)cc2s1. The van der Waals surface area contributed by atoms with Crippen molar-refractivity contribution in [1.29, 1.82) is 0 Å². The van der Waals surface area contributed by atoms with Gasteiger partial charge in [0.1, 0.15) is 0 Å². The molecular weight excluding hydrogens is 258 g/mol. The zero-order valence-corrected chi connectivity index (χ0v) is 12.5. The lowest BCUT2D eigenvalue weighted by Crippen LogP contribution is -2.45. The van der Waals surface area contributed by atoms with Crippen molar-refractivity contribution < 1.29 is 4.79 Å². The number of hydrogen-bond acceptors (Lipinski definition) is 4. The molecule has 1 aromatic heterocycles. The van der Waals surface area contributed by atoms with Gasteiger partial charge in [0.15, 0.2) is 0 Å². The Morgan fingerprint density at radius 3 is 2.74 bits per heavy atom. The predicted octanol–water partition coefficient (Wildman–Crippen LogP) is 2.92. The summed E-state index contributed by atoms with van der Waals surface area (Å²) in [6.07, 6.45) is 0. The van der Waals surface area contributed by atoms with Gasteiger partial charge in [0, 0.05) is 5.69 Å². The molecule has 0 aliphatic heterocycles. The lowest BCUT2D eigenvalue weighted by Gasteiger charge is -2.25. The summed E-state index contributed by atoms with van der Waals surface area (Å²) in [5, 5.41) is 3.88. The van der Waals surface area contributed by atoms with E-state index in [-0.39, 0.29) is 11.3 Å². The highest BCUT2D eigenvalue weighted by atomic mass is 32.1. The van der Waals surface area contributed by atoms with Crippen molar-refractivity contribution in [3.8, 4) is 0 Å². The van der Waals surface area contributed by atoms with Gasteiger partial charge in [-0.1, -0.05) is 20.8 Å². The zero-order chi connectivity index (χ0) is 14.2. The van der Waals surface area contributed by atoms with Crippen LogP contribution in [0.3, 0.4) is 0 Å². The molecule has 0 bridgehead atoms. The van der Waals surface area contributed by atoms with Crippen LogP contribution in [0.1, 0.15) is 25.8 Å². The smallest absolute Gasteiger partial charge is 0.241 e. The van der Waals surface area contributed by atoms with Crippen LogP contribution >= 0.6 is 11.3 Å². The summed E-state index contributed by atoms with van der Waals surface area (Å²) in [5.74, 6) is -0.159. The zero-order valence-electron chi connectivity index (χ0n) is 11.7. The topological polar surface area (TPSA) is 68.0 Å². The van der Waals surface area contributed by atoms with E-state index in [1.807, 2.05) is 45.9 Å². The van der Waals surface area contributed by atoms with Crippen molar-refractivity contribution in [1.82, 2.24) is 4.98 Å². The largest absolute Gasteiger partial charge is 0.325 e. The minimum Gasteiger partial charge on any atom is -0.325 e. The van der Waals surface area contributed by atoms with Crippen molar-refractivity contribution >= 4 is 33.1 Å². The van der Waals surface area contributed by atoms with Gasteiger partial charge in [-0.2, -0.15) is 0 Å². The number of fused-ring (bicyclic) bond motifs is 1. The summed E-state index contributed by atoms with van der Waals surface area (Å²) in [4.78, 5) is 16.4. The molecule has 0 saturated heterocycles. The van der Waals surface area contributed by atoms with Crippen LogP contribution in [0.4, 0.5) is 5.69 Å². The number of carbonyl (C=O) groups excluding carboxylic acids is 1. The predicted molar refractivity (Wildman–Crippen MR) is 80.4 cm³/mol. The third kappa shape index (κ3) is 3.11. The highest BCUT2D eigenvalue weighted by Gasteiger charge is 2.27. The number of aromatic nitrogens is 1. The highest BCUT2D eigenvalue weighted by Crippen LogP contribution is 2.25. The quantitative estimate of drug-likeness (QED) is 0.887. The normalized spacial score (nSPS) is 13.5. The van der Waals surface area contributed by atoms with Crippen LogP contribution in [0.2, 0.25) is 0 Å². The molecule has 0 aliphatic rings. The number of aryl methyl sites for hydroxylation is 1. The number of carbonyl (C=O) groups is 1. The number of nitrogens with zero attached hydrogens (tertiary/aromatic N) is 1. The number of rotatable bonds is 2. The number of anilines is 1. The summed E-state index contributed by atoms with van der Waals surface area (Å²) < 4.78 is 1.07. The van der Waals surface area contributed by atoms with E-state index in [0.717, 1.165) is 20.9 Å². The molecule has 1 amide bonds. The van der Waals surface area contributed by atoms with Crippen LogP contribution in [0.25, 0.3) is 10.2 Å². The molecule has 4 nitrogen and oxygen atoms in total. The second kappa shape index (κ2) is 4.90. The Kier molecular flexibility index (Phi) is 3.60. The van der Waals surface area contributed by atoms with Gasteiger partial charge in [-0.15, -0.1) is 11.3 Å². The van der Waals surface area contributed by atoms with Crippen LogP contribution in [-0.2, 0) is 4.79 Å². The molecule has 2 rings (SSSR count). The third-order valence-electron chi connectivity index (χ3n) is 2.98. The first-order chi connectivity index (χ1) is 8.77. The Bertz CT molecular complexity index is 613. The third-order valence-corrected chi connectivity index (χ3v) is 3.91. The molecule has 3 N–H and O–H groups in total. The maximum Gasteiger partial charge on any atom is 0.241 e. The number of thiazole rings is 1. The summed E-state index contributed by atoms with van der Waals surface area (Å²) in [5.41, 5.74) is 7.41. The molecule has 102 valence electrons. The van der Waals surface area contributed by atoms with E-state index >= 15 is 0 Å². The van der Waals surface area contributed by atoms with Crippen LogP contribution < -0.4 is 11.1 Å². The molecule has 1 atom stereocenters. The van der Waals surface area contributed by atoms with E-state index < -0.39 is 6.04 Å². The van der Waals surface area contributed by atoms with Crippen molar-refractivity contribution in [3.05, 3.63) is 23.2 Å². The van der Waals surface area contributed by atoms with Gasteiger partial charge in [-0.25, -0.2) is 4.98 Å². The Hall–Kier alpha value is -1.46. The van der Waals surface area contributed by atoms with Crippen LogP contribution in [0, 0.1) is 12.3 Å². The molecule has 1 aromatic carbocycles. The maximum atomic E-state index is 12.1. The van der Waals surface area contributed by atoms with Crippen LogP contribution in [0.15, 0.2) is 18.2 Å². The number of amides is 1. The molecule has 0 spiro atoms. The average molecular weight is 277 g/mol. The number of nitrogens with two attached hydrogens (primary N) is 1. The van der Waals surface area contributed by atoms with E-state index in [2.05, 4.69) is 10.3 Å². The van der Waals surface area contributed by atoms with Crippen molar-refractivity contribution in [2.45, 2.75) is 33.7 Å². The highest BCUT2D eigenvalue weighted by molar-refractivity contribution is 7.18. The van der Waals surface area contributed by atoms with Crippen LogP contribution in [-0.4, -0.2) is 16.9 Å². The van der Waals surface area contributed by atoms with Gasteiger partial charge < -0.3 is 11.1 Å². The molecule has 0 radical (unpaired) electrons. The van der Waals surface area contributed by atoms with E-state index in [9.17, 15) is 4.79 Å². The van der Waals surface area contributed by atoms with E-state index in [4.69, 9.17) is 5.73 Å². The van der Waals surface area contributed by atoms with E-state index in [0.29, 0.717) is 0 Å². The standard InChI is InChI=1S/C14H19N3OS/c1-8-16-10-6-5-9(7-11(10)19-8)17-13(18)12(15)14(2,3)4/h5-7,12H,15H2,1-4H3,(H,17,18). The van der Waals surface area contributed by atoms with Gasteiger partial charge >= 0.3 is 0 Å². The van der Waals surface area contributed by atoms with Gasteiger partial charge in [0.25, 0.3) is 0 Å².